The number of carbonyl (C=O) groups excluding carboxylic acids is 1. The van der Waals surface area contributed by atoms with Crippen LogP contribution in [0.15, 0.2) is 42.6 Å². The van der Waals surface area contributed by atoms with E-state index in [1.807, 2.05) is 25.1 Å². The molecular formula is C14H13NO2. The molecule has 0 aliphatic heterocycles. The molecule has 0 radical (unpaired) electrons. The third kappa shape index (κ3) is 2.33. The van der Waals surface area contributed by atoms with Gasteiger partial charge < -0.3 is 4.74 Å². The summed E-state index contributed by atoms with van der Waals surface area (Å²) in [5, 5.41) is 0. The van der Waals surface area contributed by atoms with Gasteiger partial charge in [-0.3, -0.25) is 4.79 Å². The topological polar surface area (TPSA) is 39.2 Å². The Morgan fingerprint density at radius 3 is 2.47 bits per heavy atom. The number of carbonyl (C=O) groups is 1. The predicted octanol–water partition coefficient (Wildman–Crippen LogP) is 2.63. The Bertz CT molecular complexity index is 535. The Balaban J connectivity index is 2.35. The van der Waals surface area contributed by atoms with Crippen LogP contribution >= 0.6 is 0 Å². The van der Waals surface area contributed by atoms with Crippen LogP contribution in [0.3, 0.4) is 0 Å². The zero-order valence-corrected chi connectivity index (χ0v) is 9.81. The molecule has 86 valence electrons. The van der Waals surface area contributed by atoms with Gasteiger partial charge in [0.05, 0.1) is 7.11 Å². The first kappa shape index (κ1) is 11.3. The van der Waals surface area contributed by atoms with Crippen LogP contribution < -0.4 is 4.74 Å². The highest BCUT2D eigenvalue weighted by atomic mass is 16.5. The SMILES string of the molecule is COc1ncc(C(=O)c2ccccc2)cc1C. The van der Waals surface area contributed by atoms with Gasteiger partial charge in [0.1, 0.15) is 0 Å². The number of ether oxygens (including phenoxy) is 1. The van der Waals surface area contributed by atoms with Gasteiger partial charge in [-0.05, 0) is 13.0 Å². The number of ketones is 1. The standard InChI is InChI=1S/C14H13NO2/c1-10-8-12(9-15-14(10)17-2)13(16)11-6-4-3-5-7-11/h3-9H,1-2H3. The Hall–Kier alpha value is -2.16. The summed E-state index contributed by atoms with van der Waals surface area (Å²) in [5.41, 5.74) is 2.10. The summed E-state index contributed by atoms with van der Waals surface area (Å²) in [6, 6.07) is 11.0. The van der Waals surface area contributed by atoms with Gasteiger partial charge in [-0.1, -0.05) is 30.3 Å². The second-order valence-electron chi connectivity index (χ2n) is 3.75. The van der Waals surface area contributed by atoms with Crippen molar-refractivity contribution in [1.82, 2.24) is 4.98 Å². The minimum atomic E-state index is -0.0242. The molecule has 0 unspecified atom stereocenters. The lowest BCUT2D eigenvalue weighted by atomic mass is 10.0. The molecule has 1 aromatic carbocycles. The first-order chi connectivity index (χ1) is 8.22. The maximum atomic E-state index is 12.1. The largest absolute Gasteiger partial charge is 0.481 e. The fourth-order valence-electron chi connectivity index (χ4n) is 1.66. The molecule has 0 amide bonds. The molecule has 0 aliphatic carbocycles. The number of benzene rings is 1. The molecule has 0 N–H and O–H groups in total. The third-order valence-electron chi connectivity index (χ3n) is 2.52. The molecule has 0 atom stereocenters. The molecule has 17 heavy (non-hydrogen) atoms. The zero-order valence-electron chi connectivity index (χ0n) is 9.81. The van der Waals surface area contributed by atoms with Crippen LogP contribution in [0.1, 0.15) is 21.5 Å². The van der Waals surface area contributed by atoms with E-state index in [-0.39, 0.29) is 5.78 Å². The van der Waals surface area contributed by atoms with Crippen LogP contribution in [0.5, 0.6) is 5.88 Å². The summed E-state index contributed by atoms with van der Waals surface area (Å²) in [6.45, 7) is 1.87. The molecule has 0 bridgehead atoms. The summed E-state index contributed by atoms with van der Waals surface area (Å²) in [7, 11) is 1.56. The quantitative estimate of drug-likeness (QED) is 0.757. The number of aromatic nitrogens is 1. The van der Waals surface area contributed by atoms with Crippen LogP contribution in [-0.4, -0.2) is 17.9 Å². The van der Waals surface area contributed by atoms with Gasteiger partial charge in [0.15, 0.2) is 5.78 Å². The molecule has 0 saturated heterocycles. The third-order valence-corrected chi connectivity index (χ3v) is 2.52. The highest BCUT2D eigenvalue weighted by molar-refractivity contribution is 6.08. The van der Waals surface area contributed by atoms with Crippen LogP contribution in [0, 0.1) is 6.92 Å². The number of methoxy groups -OCH3 is 1. The number of nitrogens with zero attached hydrogens (tertiary/aromatic N) is 1. The van der Waals surface area contributed by atoms with Gasteiger partial charge in [0, 0.05) is 22.9 Å². The van der Waals surface area contributed by atoms with Gasteiger partial charge >= 0.3 is 0 Å². The van der Waals surface area contributed by atoms with Gasteiger partial charge in [-0.2, -0.15) is 0 Å². The predicted molar refractivity (Wildman–Crippen MR) is 65.4 cm³/mol. The fourth-order valence-corrected chi connectivity index (χ4v) is 1.66. The number of rotatable bonds is 3. The average molecular weight is 227 g/mol. The van der Waals surface area contributed by atoms with E-state index in [1.54, 1.807) is 31.5 Å². The lowest BCUT2D eigenvalue weighted by Gasteiger charge is -2.05. The summed E-state index contributed by atoms with van der Waals surface area (Å²) in [4.78, 5) is 16.2. The highest BCUT2D eigenvalue weighted by Crippen LogP contribution is 2.17. The first-order valence-corrected chi connectivity index (χ1v) is 5.33. The molecule has 0 fully saturated rings. The van der Waals surface area contributed by atoms with Crippen LogP contribution in [0.25, 0.3) is 0 Å². The van der Waals surface area contributed by atoms with Crippen molar-refractivity contribution in [2.24, 2.45) is 0 Å². The van der Waals surface area contributed by atoms with E-state index in [9.17, 15) is 4.79 Å². The van der Waals surface area contributed by atoms with Crippen molar-refractivity contribution < 1.29 is 9.53 Å². The summed E-state index contributed by atoms with van der Waals surface area (Å²) in [5.74, 6) is 0.526. The van der Waals surface area contributed by atoms with E-state index in [0.29, 0.717) is 17.0 Å². The Morgan fingerprint density at radius 2 is 1.88 bits per heavy atom. The Kier molecular flexibility index (Phi) is 3.19. The van der Waals surface area contributed by atoms with Crippen molar-refractivity contribution in [2.75, 3.05) is 7.11 Å². The number of hydrogen-bond acceptors (Lipinski definition) is 3. The van der Waals surface area contributed by atoms with Gasteiger partial charge in [0.25, 0.3) is 0 Å². The molecule has 0 aliphatic rings. The monoisotopic (exact) mass is 227 g/mol. The van der Waals surface area contributed by atoms with Gasteiger partial charge in [-0.15, -0.1) is 0 Å². The average Bonchev–Trinajstić information content (AvgIpc) is 2.39. The van der Waals surface area contributed by atoms with Crippen molar-refractivity contribution in [1.29, 1.82) is 0 Å². The minimum Gasteiger partial charge on any atom is -0.481 e. The van der Waals surface area contributed by atoms with Crippen molar-refractivity contribution in [3.8, 4) is 5.88 Å². The maximum Gasteiger partial charge on any atom is 0.215 e. The molecule has 0 saturated carbocycles. The molecule has 2 rings (SSSR count). The lowest BCUT2D eigenvalue weighted by molar-refractivity contribution is 0.103. The number of pyridine rings is 1. The van der Waals surface area contributed by atoms with E-state index >= 15 is 0 Å². The van der Waals surface area contributed by atoms with E-state index < -0.39 is 0 Å². The van der Waals surface area contributed by atoms with E-state index in [4.69, 9.17) is 4.74 Å². The normalized spacial score (nSPS) is 10.0. The zero-order chi connectivity index (χ0) is 12.3. The molecule has 3 heteroatoms. The van der Waals surface area contributed by atoms with Crippen LogP contribution in [-0.2, 0) is 0 Å². The molecule has 2 aromatic rings. The second kappa shape index (κ2) is 4.78. The van der Waals surface area contributed by atoms with E-state index in [0.717, 1.165) is 5.56 Å². The number of hydrogen-bond donors (Lipinski definition) is 0. The van der Waals surface area contributed by atoms with Crippen LogP contribution in [0.4, 0.5) is 0 Å². The summed E-state index contributed by atoms with van der Waals surface area (Å²) < 4.78 is 5.06. The fraction of sp³-hybridized carbons (Fsp3) is 0.143. The summed E-state index contributed by atoms with van der Waals surface area (Å²) >= 11 is 0. The summed E-state index contributed by atoms with van der Waals surface area (Å²) in [6.07, 6.45) is 1.54. The van der Waals surface area contributed by atoms with Crippen molar-refractivity contribution in [3.05, 3.63) is 59.3 Å². The Labute approximate surface area is 100 Å². The molecule has 1 aromatic heterocycles. The Morgan fingerprint density at radius 1 is 1.18 bits per heavy atom. The van der Waals surface area contributed by atoms with Gasteiger partial charge in [-0.25, -0.2) is 4.98 Å². The second-order valence-corrected chi connectivity index (χ2v) is 3.75. The molecule has 1 heterocycles. The lowest BCUT2D eigenvalue weighted by Crippen LogP contribution is -2.03. The van der Waals surface area contributed by atoms with E-state index in [1.165, 1.54) is 0 Å². The van der Waals surface area contributed by atoms with E-state index in [2.05, 4.69) is 4.98 Å². The number of aryl methyl sites for hydroxylation is 1. The van der Waals surface area contributed by atoms with Crippen molar-refractivity contribution >= 4 is 5.78 Å². The van der Waals surface area contributed by atoms with Crippen molar-refractivity contribution in [3.63, 3.8) is 0 Å². The van der Waals surface area contributed by atoms with Crippen LogP contribution in [0.2, 0.25) is 0 Å². The minimum absolute atomic E-state index is 0.0242. The molecule has 0 spiro atoms. The van der Waals surface area contributed by atoms with Crippen molar-refractivity contribution in [2.45, 2.75) is 6.92 Å². The maximum absolute atomic E-state index is 12.1. The molecule has 3 nitrogen and oxygen atoms in total. The molecular weight excluding hydrogens is 214 g/mol. The highest BCUT2D eigenvalue weighted by Gasteiger charge is 2.10. The van der Waals surface area contributed by atoms with Gasteiger partial charge in [0.2, 0.25) is 5.88 Å². The first-order valence-electron chi connectivity index (χ1n) is 5.33. The smallest absolute Gasteiger partial charge is 0.215 e.